The highest BCUT2D eigenvalue weighted by Gasteiger charge is 2.15. The Hall–Kier alpha value is -3.35. The second-order valence-corrected chi connectivity index (χ2v) is 5.58. The molecule has 7 heteroatoms. The molecule has 0 radical (unpaired) electrons. The SMILES string of the molecule is Cc1c(-c2cnn3ccc(-c4cc(C(=O)O)co4)cc23)cnn1C. The number of carbonyl (C=O) groups is 1. The van der Waals surface area contributed by atoms with E-state index in [9.17, 15) is 4.79 Å². The Bertz CT molecular complexity index is 1070. The lowest BCUT2D eigenvalue weighted by molar-refractivity contribution is 0.0696. The van der Waals surface area contributed by atoms with E-state index >= 15 is 0 Å². The second kappa shape index (κ2) is 5.09. The molecule has 0 atom stereocenters. The van der Waals surface area contributed by atoms with E-state index in [0.29, 0.717) is 5.76 Å². The van der Waals surface area contributed by atoms with Crippen molar-refractivity contribution in [1.82, 2.24) is 19.4 Å². The Morgan fingerprint density at radius 3 is 2.67 bits per heavy atom. The zero-order chi connectivity index (χ0) is 16.8. The Balaban J connectivity index is 1.86. The first-order valence-corrected chi connectivity index (χ1v) is 7.33. The number of hydrogen-bond donors (Lipinski definition) is 1. The van der Waals surface area contributed by atoms with Crippen molar-refractivity contribution in [2.75, 3.05) is 0 Å². The average Bonchev–Trinajstić information content (AvgIpc) is 3.27. The van der Waals surface area contributed by atoms with Gasteiger partial charge in [0.25, 0.3) is 0 Å². The second-order valence-electron chi connectivity index (χ2n) is 5.58. The van der Waals surface area contributed by atoms with Gasteiger partial charge in [-0.15, -0.1) is 0 Å². The number of fused-ring (bicyclic) bond motifs is 1. The van der Waals surface area contributed by atoms with Gasteiger partial charge in [0.15, 0.2) is 0 Å². The standard InChI is InChI=1S/C17H14N4O3/c1-10-13(7-18-20(10)2)14-8-19-21-4-3-11(5-15(14)21)16-6-12(9-24-16)17(22)23/h3-9H,1-2H3,(H,22,23). The summed E-state index contributed by atoms with van der Waals surface area (Å²) in [6, 6.07) is 5.28. The number of carboxylic acid groups (broad SMARTS) is 1. The maximum atomic E-state index is 11.0. The van der Waals surface area contributed by atoms with Crippen molar-refractivity contribution in [1.29, 1.82) is 0 Å². The Morgan fingerprint density at radius 1 is 1.21 bits per heavy atom. The number of rotatable bonds is 3. The van der Waals surface area contributed by atoms with Crippen LogP contribution >= 0.6 is 0 Å². The number of aromatic nitrogens is 4. The van der Waals surface area contributed by atoms with Gasteiger partial charge in [0.2, 0.25) is 0 Å². The molecule has 0 aliphatic heterocycles. The van der Waals surface area contributed by atoms with Crippen molar-refractivity contribution in [3.63, 3.8) is 0 Å². The molecule has 4 aromatic rings. The van der Waals surface area contributed by atoms with E-state index in [0.717, 1.165) is 27.9 Å². The van der Waals surface area contributed by atoms with Crippen molar-refractivity contribution < 1.29 is 14.3 Å². The lowest BCUT2D eigenvalue weighted by Gasteiger charge is -2.02. The summed E-state index contributed by atoms with van der Waals surface area (Å²) < 4.78 is 8.97. The number of pyridine rings is 1. The van der Waals surface area contributed by atoms with Crippen molar-refractivity contribution in [2.45, 2.75) is 6.92 Å². The lowest BCUT2D eigenvalue weighted by Crippen LogP contribution is -1.92. The summed E-state index contributed by atoms with van der Waals surface area (Å²) in [7, 11) is 1.90. The first-order valence-electron chi connectivity index (χ1n) is 7.33. The first-order chi connectivity index (χ1) is 11.5. The summed E-state index contributed by atoms with van der Waals surface area (Å²) in [6.07, 6.45) is 6.68. The van der Waals surface area contributed by atoms with Gasteiger partial charge in [-0.3, -0.25) is 4.68 Å². The summed E-state index contributed by atoms with van der Waals surface area (Å²) in [5, 5.41) is 17.7. The number of aryl methyl sites for hydroxylation is 1. The minimum atomic E-state index is -1.01. The van der Waals surface area contributed by atoms with Gasteiger partial charge >= 0.3 is 5.97 Å². The van der Waals surface area contributed by atoms with Gasteiger partial charge in [-0.1, -0.05) is 0 Å². The predicted octanol–water partition coefficient (Wildman–Crippen LogP) is 3.00. The highest BCUT2D eigenvalue weighted by molar-refractivity contribution is 5.89. The average molecular weight is 322 g/mol. The maximum Gasteiger partial charge on any atom is 0.338 e. The molecule has 120 valence electrons. The topological polar surface area (TPSA) is 85.6 Å². The molecule has 0 aliphatic rings. The number of nitrogens with zero attached hydrogens (tertiary/aromatic N) is 4. The highest BCUT2D eigenvalue weighted by atomic mass is 16.4. The fraction of sp³-hybridized carbons (Fsp3) is 0.118. The van der Waals surface area contributed by atoms with Gasteiger partial charge in [-0.2, -0.15) is 10.2 Å². The summed E-state index contributed by atoms with van der Waals surface area (Å²) in [6.45, 7) is 2.00. The zero-order valence-corrected chi connectivity index (χ0v) is 13.1. The van der Waals surface area contributed by atoms with E-state index < -0.39 is 5.97 Å². The molecule has 0 spiro atoms. The van der Waals surface area contributed by atoms with Crippen LogP contribution in [0.15, 0.2) is 47.5 Å². The van der Waals surface area contributed by atoms with E-state index in [1.807, 2.05) is 43.2 Å². The van der Waals surface area contributed by atoms with Crippen LogP contribution in [0.5, 0.6) is 0 Å². The first kappa shape index (κ1) is 14.3. The Labute approximate surface area is 136 Å². The van der Waals surface area contributed by atoms with Crippen molar-refractivity contribution in [2.24, 2.45) is 7.05 Å². The summed E-state index contributed by atoms with van der Waals surface area (Å²) in [4.78, 5) is 11.0. The van der Waals surface area contributed by atoms with Crippen LogP contribution in [0.1, 0.15) is 16.1 Å². The molecule has 7 nitrogen and oxygen atoms in total. The third-order valence-corrected chi connectivity index (χ3v) is 4.18. The fourth-order valence-corrected chi connectivity index (χ4v) is 2.70. The molecule has 0 bridgehead atoms. The normalized spacial score (nSPS) is 11.2. The van der Waals surface area contributed by atoms with Crippen LogP contribution in [-0.2, 0) is 7.05 Å². The third-order valence-electron chi connectivity index (χ3n) is 4.18. The summed E-state index contributed by atoms with van der Waals surface area (Å²) >= 11 is 0. The van der Waals surface area contributed by atoms with Crippen molar-refractivity contribution >= 4 is 11.5 Å². The van der Waals surface area contributed by atoms with Crippen LogP contribution in [0, 0.1) is 6.92 Å². The molecule has 4 heterocycles. The summed E-state index contributed by atoms with van der Waals surface area (Å²) in [5.41, 5.74) is 4.83. The smallest absolute Gasteiger partial charge is 0.338 e. The molecule has 0 aliphatic carbocycles. The molecular formula is C17H14N4O3. The lowest BCUT2D eigenvalue weighted by atomic mass is 10.1. The van der Waals surface area contributed by atoms with Gasteiger partial charge in [0.1, 0.15) is 12.0 Å². The van der Waals surface area contributed by atoms with Crippen LogP contribution < -0.4 is 0 Å². The van der Waals surface area contributed by atoms with Crippen molar-refractivity contribution in [3.8, 4) is 22.5 Å². The third kappa shape index (κ3) is 2.10. The molecule has 1 N–H and O–H groups in total. The molecule has 0 fully saturated rings. The van der Waals surface area contributed by atoms with Crippen LogP contribution in [0.3, 0.4) is 0 Å². The minimum absolute atomic E-state index is 0.127. The van der Waals surface area contributed by atoms with E-state index in [1.54, 1.807) is 10.7 Å². The van der Waals surface area contributed by atoms with Crippen LogP contribution in [0.2, 0.25) is 0 Å². The molecule has 0 aromatic carbocycles. The number of aromatic carboxylic acids is 1. The molecule has 4 rings (SSSR count). The minimum Gasteiger partial charge on any atom is -0.478 e. The fourth-order valence-electron chi connectivity index (χ4n) is 2.70. The monoisotopic (exact) mass is 322 g/mol. The van der Waals surface area contributed by atoms with Crippen LogP contribution in [-0.4, -0.2) is 30.5 Å². The number of hydrogen-bond acceptors (Lipinski definition) is 4. The van der Waals surface area contributed by atoms with Gasteiger partial charge in [0.05, 0.1) is 23.5 Å². The van der Waals surface area contributed by atoms with E-state index in [2.05, 4.69) is 10.2 Å². The predicted molar refractivity (Wildman–Crippen MR) is 86.8 cm³/mol. The molecule has 0 saturated carbocycles. The number of furan rings is 1. The van der Waals surface area contributed by atoms with E-state index in [1.165, 1.54) is 12.3 Å². The quantitative estimate of drug-likeness (QED) is 0.626. The molecule has 0 amide bonds. The highest BCUT2D eigenvalue weighted by Crippen LogP contribution is 2.30. The van der Waals surface area contributed by atoms with Crippen LogP contribution in [0.4, 0.5) is 0 Å². The molecule has 24 heavy (non-hydrogen) atoms. The van der Waals surface area contributed by atoms with Crippen molar-refractivity contribution in [3.05, 3.63) is 54.3 Å². The zero-order valence-electron chi connectivity index (χ0n) is 13.1. The molecule has 0 saturated heterocycles. The van der Waals surface area contributed by atoms with E-state index in [-0.39, 0.29) is 5.56 Å². The van der Waals surface area contributed by atoms with Gasteiger partial charge < -0.3 is 9.52 Å². The summed E-state index contributed by atoms with van der Waals surface area (Å²) in [5.74, 6) is -0.507. The van der Waals surface area contributed by atoms with Gasteiger partial charge in [-0.25, -0.2) is 9.31 Å². The van der Waals surface area contributed by atoms with Gasteiger partial charge in [0, 0.05) is 35.6 Å². The maximum absolute atomic E-state index is 11.0. The molecular weight excluding hydrogens is 308 g/mol. The number of carboxylic acids is 1. The Morgan fingerprint density at radius 2 is 2.00 bits per heavy atom. The van der Waals surface area contributed by atoms with Crippen LogP contribution in [0.25, 0.3) is 28.0 Å². The van der Waals surface area contributed by atoms with E-state index in [4.69, 9.17) is 9.52 Å². The largest absolute Gasteiger partial charge is 0.478 e. The van der Waals surface area contributed by atoms with Gasteiger partial charge in [-0.05, 0) is 25.1 Å². The molecule has 4 aromatic heterocycles. The molecule has 0 unspecified atom stereocenters. The Kier molecular flexibility index (Phi) is 3.02.